The van der Waals surface area contributed by atoms with Crippen molar-refractivity contribution in [2.75, 3.05) is 0 Å². The van der Waals surface area contributed by atoms with Gasteiger partial charge in [-0.3, -0.25) is 4.79 Å². The van der Waals surface area contributed by atoms with Gasteiger partial charge in [0.1, 0.15) is 0 Å². The van der Waals surface area contributed by atoms with Crippen LogP contribution < -0.4 is 5.73 Å². The van der Waals surface area contributed by atoms with E-state index in [4.69, 9.17) is 5.73 Å². The van der Waals surface area contributed by atoms with Crippen molar-refractivity contribution in [3.8, 4) is 0 Å². The molecule has 0 saturated heterocycles. The van der Waals surface area contributed by atoms with Crippen molar-refractivity contribution in [2.24, 2.45) is 11.1 Å². The van der Waals surface area contributed by atoms with E-state index in [1.165, 1.54) is 0 Å². The highest BCUT2D eigenvalue weighted by atomic mass is 35.5. The molecule has 19 heavy (non-hydrogen) atoms. The Kier molecular flexibility index (Phi) is 4.56. The minimum absolute atomic E-state index is 0. The van der Waals surface area contributed by atoms with Crippen molar-refractivity contribution in [1.82, 2.24) is 0 Å². The summed E-state index contributed by atoms with van der Waals surface area (Å²) in [5, 5.41) is 11.4. The van der Waals surface area contributed by atoms with Gasteiger partial charge in [0, 0.05) is 6.04 Å². The second-order valence-electron chi connectivity index (χ2n) is 5.11. The fourth-order valence-electron chi connectivity index (χ4n) is 1.95. The Hall–Kier alpha value is -1.58. The second-order valence-corrected chi connectivity index (χ2v) is 5.11. The van der Waals surface area contributed by atoms with Gasteiger partial charge in [-0.05, 0) is 36.2 Å². The molecule has 0 saturated carbocycles. The Morgan fingerprint density at radius 2 is 1.74 bits per heavy atom. The van der Waals surface area contributed by atoms with Crippen molar-refractivity contribution < 1.29 is 9.90 Å². The number of hydrogen-bond acceptors (Lipinski definition) is 2. The van der Waals surface area contributed by atoms with E-state index < -0.39 is 17.4 Å². The molecule has 1 atom stereocenters. The third kappa shape index (κ3) is 2.88. The third-order valence-corrected chi connectivity index (χ3v) is 3.46. The summed E-state index contributed by atoms with van der Waals surface area (Å²) < 4.78 is 0. The zero-order chi connectivity index (χ0) is 13.3. The molecule has 0 amide bonds. The first-order chi connectivity index (χ1) is 8.43. The highest BCUT2D eigenvalue weighted by Crippen LogP contribution is 2.32. The van der Waals surface area contributed by atoms with Gasteiger partial charge in [0.15, 0.2) is 0 Å². The molecule has 0 spiro atoms. The Bertz CT molecular complexity index is 595. The number of carbonyl (C=O) groups is 1. The molecule has 0 aliphatic carbocycles. The lowest BCUT2D eigenvalue weighted by molar-refractivity contribution is -0.148. The van der Waals surface area contributed by atoms with Crippen molar-refractivity contribution in [2.45, 2.75) is 19.9 Å². The number of carboxylic acid groups (broad SMARTS) is 1. The van der Waals surface area contributed by atoms with E-state index in [-0.39, 0.29) is 12.4 Å². The van der Waals surface area contributed by atoms with Crippen LogP contribution in [0.5, 0.6) is 0 Å². The van der Waals surface area contributed by atoms with E-state index in [9.17, 15) is 9.90 Å². The van der Waals surface area contributed by atoms with E-state index in [2.05, 4.69) is 0 Å². The Morgan fingerprint density at radius 1 is 1.16 bits per heavy atom. The van der Waals surface area contributed by atoms with Crippen molar-refractivity contribution in [3.05, 3.63) is 48.0 Å². The van der Waals surface area contributed by atoms with E-state index in [0.717, 1.165) is 16.3 Å². The standard InChI is InChI=1S/C15H17NO2.ClH/c1-15(2,14(17)18)13(16)12-8-7-10-5-3-4-6-11(10)9-12;/h3-9,13H,16H2,1-2H3,(H,17,18);1H. The number of hydrogen-bond donors (Lipinski definition) is 2. The van der Waals surface area contributed by atoms with Crippen LogP contribution in [0.15, 0.2) is 42.5 Å². The Morgan fingerprint density at radius 3 is 2.32 bits per heavy atom. The number of fused-ring (bicyclic) bond motifs is 1. The van der Waals surface area contributed by atoms with Gasteiger partial charge in [0.25, 0.3) is 0 Å². The second kappa shape index (κ2) is 5.59. The zero-order valence-electron chi connectivity index (χ0n) is 11.0. The van der Waals surface area contributed by atoms with Crippen LogP contribution in [0, 0.1) is 5.41 Å². The number of rotatable bonds is 3. The minimum Gasteiger partial charge on any atom is -0.481 e. The normalized spacial score (nSPS) is 12.8. The Labute approximate surface area is 118 Å². The quantitative estimate of drug-likeness (QED) is 0.905. The van der Waals surface area contributed by atoms with Crippen LogP contribution in [0.4, 0.5) is 0 Å². The molecule has 3 N–H and O–H groups in total. The molecule has 0 bridgehead atoms. The summed E-state index contributed by atoms with van der Waals surface area (Å²) in [5.74, 6) is -0.886. The molecule has 0 radical (unpaired) electrons. The van der Waals surface area contributed by atoms with E-state index >= 15 is 0 Å². The predicted octanol–water partition coefficient (Wildman–Crippen LogP) is 3.37. The molecule has 4 heteroatoms. The number of halogens is 1. The molecule has 3 nitrogen and oxygen atoms in total. The summed E-state index contributed by atoms with van der Waals surface area (Å²) in [6, 6.07) is 13.3. The van der Waals surface area contributed by atoms with Crippen LogP contribution in [0.3, 0.4) is 0 Å². The first-order valence-corrected chi connectivity index (χ1v) is 5.90. The molecule has 0 fully saturated rings. The number of nitrogens with two attached hydrogens (primary N) is 1. The lowest BCUT2D eigenvalue weighted by Crippen LogP contribution is -2.36. The van der Waals surface area contributed by atoms with E-state index in [1.807, 2.05) is 42.5 Å². The summed E-state index contributed by atoms with van der Waals surface area (Å²) in [7, 11) is 0. The summed E-state index contributed by atoms with van der Waals surface area (Å²) in [4.78, 5) is 11.2. The monoisotopic (exact) mass is 279 g/mol. The lowest BCUT2D eigenvalue weighted by Gasteiger charge is -2.27. The molecule has 102 valence electrons. The van der Waals surface area contributed by atoms with Gasteiger partial charge in [-0.25, -0.2) is 0 Å². The van der Waals surface area contributed by atoms with Crippen molar-refractivity contribution in [1.29, 1.82) is 0 Å². The maximum absolute atomic E-state index is 11.2. The Balaban J connectivity index is 0.00000180. The largest absolute Gasteiger partial charge is 0.481 e. The number of carboxylic acids is 1. The summed E-state index contributed by atoms with van der Waals surface area (Å²) >= 11 is 0. The average molecular weight is 280 g/mol. The van der Waals surface area contributed by atoms with Crippen LogP contribution in [-0.4, -0.2) is 11.1 Å². The minimum atomic E-state index is -0.984. The molecule has 2 rings (SSSR count). The maximum Gasteiger partial charge on any atom is 0.311 e. The van der Waals surface area contributed by atoms with Crippen LogP contribution in [0.1, 0.15) is 25.5 Å². The number of benzene rings is 2. The topological polar surface area (TPSA) is 63.3 Å². The predicted molar refractivity (Wildman–Crippen MR) is 79.5 cm³/mol. The summed E-state index contributed by atoms with van der Waals surface area (Å²) in [6.07, 6.45) is 0. The molecular weight excluding hydrogens is 262 g/mol. The molecule has 2 aromatic rings. The summed E-state index contributed by atoms with van der Waals surface area (Å²) in [6.45, 7) is 3.30. The van der Waals surface area contributed by atoms with Gasteiger partial charge in [0.2, 0.25) is 0 Å². The highest BCUT2D eigenvalue weighted by Gasteiger charge is 2.35. The van der Waals surface area contributed by atoms with Crippen LogP contribution in [0.2, 0.25) is 0 Å². The molecular formula is C15H18ClNO2. The van der Waals surface area contributed by atoms with E-state index in [1.54, 1.807) is 13.8 Å². The van der Waals surface area contributed by atoms with Gasteiger partial charge < -0.3 is 10.8 Å². The lowest BCUT2D eigenvalue weighted by atomic mass is 9.81. The van der Waals surface area contributed by atoms with Crippen LogP contribution in [-0.2, 0) is 4.79 Å². The molecule has 0 heterocycles. The molecule has 2 aromatic carbocycles. The van der Waals surface area contributed by atoms with Gasteiger partial charge in [-0.15, -0.1) is 12.4 Å². The van der Waals surface area contributed by atoms with Crippen molar-refractivity contribution >= 4 is 29.1 Å². The van der Waals surface area contributed by atoms with Crippen LogP contribution >= 0.6 is 12.4 Å². The van der Waals surface area contributed by atoms with E-state index in [0.29, 0.717) is 0 Å². The maximum atomic E-state index is 11.2. The molecule has 0 aliphatic rings. The number of aliphatic carboxylic acids is 1. The zero-order valence-corrected chi connectivity index (χ0v) is 11.8. The van der Waals surface area contributed by atoms with Gasteiger partial charge in [-0.2, -0.15) is 0 Å². The van der Waals surface area contributed by atoms with Gasteiger partial charge in [-0.1, -0.05) is 36.4 Å². The third-order valence-electron chi connectivity index (χ3n) is 3.46. The molecule has 0 aliphatic heterocycles. The fraction of sp³-hybridized carbons (Fsp3) is 0.267. The molecule has 1 unspecified atom stereocenters. The SMILES string of the molecule is CC(C)(C(=O)O)C(N)c1ccc2ccccc2c1.Cl. The smallest absolute Gasteiger partial charge is 0.311 e. The van der Waals surface area contributed by atoms with Crippen LogP contribution in [0.25, 0.3) is 10.8 Å². The first-order valence-electron chi connectivity index (χ1n) is 5.90. The summed E-state index contributed by atoms with van der Waals surface area (Å²) in [5.41, 5.74) is 5.95. The average Bonchev–Trinajstić information content (AvgIpc) is 2.37. The van der Waals surface area contributed by atoms with Crippen molar-refractivity contribution in [3.63, 3.8) is 0 Å². The fourth-order valence-corrected chi connectivity index (χ4v) is 1.95. The van der Waals surface area contributed by atoms with Gasteiger partial charge >= 0.3 is 5.97 Å². The first kappa shape index (κ1) is 15.5. The molecule has 0 aromatic heterocycles. The van der Waals surface area contributed by atoms with Gasteiger partial charge in [0.05, 0.1) is 5.41 Å². The highest BCUT2D eigenvalue weighted by molar-refractivity contribution is 5.85.